The van der Waals surface area contributed by atoms with Gasteiger partial charge in [-0.05, 0) is 30.9 Å². The summed E-state index contributed by atoms with van der Waals surface area (Å²) in [6, 6.07) is 1.26. The number of hydrogen-bond donors (Lipinski definition) is 0. The third-order valence-corrected chi connectivity index (χ3v) is 3.01. The van der Waals surface area contributed by atoms with E-state index in [4.69, 9.17) is 9.47 Å². The summed E-state index contributed by atoms with van der Waals surface area (Å²) in [5.41, 5.74) is -0.330. The molecule has 0 radical (unpaired) electrons. The molecule has 0 aromatic heterocycles. The molecule has 104 valence electrons. The minimum Gasteiger partial charge on any atom is -0.462 e. The standard InChI is InChI=1S/C13H13F3O3/c14-10-5-9(6-11(15)12(10)16)13(17)19-7-8-1-3-18-4-2-8/h5-6,8H,1-4,7H2. The summed E-state index contributed by atoms with van der Waals surface area (Å²) in [4.78, 5) is 11.6. The number of esters is 1. The first-order valence-corrected chi connectivity index (χ1v) is 5.97. The van der Waals surface area contributed by atoms with Gasteiger partial charge in [-0.25, -0.2) is 18.0 Å². The highest BCUT2D eigenvalue weighted by atomic mass is 19.2. The first-order chi connectivity index (χ1) is 9.08. The Kier molecular flexibility index (Phi) is 4.42. The van der Waals surface area contributed by atoms with Crippen LogP contribution in [0.2, 0.25) is 0 Å². The van der Waals surface area contributed by atoms with E-state index < -0.39 is 23.4 Å². The van der Waals surface area contributed by atoms with Crippen LogP contribution in [0.15, 0.2) is 12.1 Å². The molecule has 1 heterocycles. The Bertz CT molecular complexity index is 447. The van der Waals surface area contributed by atoms with Crippen molar-refractivity contribution in [1.29, 1.82) is 0 Å². The molecule has 0 amide bonds. The maximum Gasteiger partial charge on any atom is 0.338 e. The molecule has 6 heteroatoms. The van der Waals surface area contributed by atoms with Crippen LogP contribution in [0.3, 0.4) is 0 Å². The van der Waals surface area contributed by atoms with Crippen molar-refractivity contribution in [1.82, 2.24) is 0 Å². The molecule has 0 bridgehead atoms. The van der Waals surface area contributed by atoms with Crippen LogP contribution in [0.4, 0.5) is 13.2 Å². The van der Waals surface area contributed by atoms with E-state index in [1.807, 2.05) is 0 Å². The number of ether oxygens (including phenoxy) is 2. The van der Waals surface area contributed by atoms with Crippen molar-refractivity contribution in [2.24, 2.45) is 5.92 Å². The predicted octanol–water partition coefficient (Wildman–Crippen LogP) is 2.69. The minimum absolute atomic E-state index is 0.169. The van der Waals surface area contributed by atoms with Crippen molar-refractivity contribution in [3.8, 4) is 0 Å². The first kappa shape index (κ1) is 13.9. The van der Waals surface area contributed by atoms with E-state index in [0.29, 0.717) is 25.3 Å². The zero-order valence-corrected chi connectivity index (χ0v) is 10.1. The van der Waals surface area contributed by atoms with Crippen molar-refractivity contribution in [3.63, 3.8) is 0 Å². The van der Waals surface area contributed by atoms with E-state index >= 15 is 0 Å². The van der Waals surface area contributed by atoms with E-state index in [0.717, 1.165) is 12.8 Å². The van der Waals surface area contributed by atoms with Gasteiger partial charge in [-0.3, -0.25) is 0 Å². The van der Waals surface area contributed by atoms with Crippen molar-refractivity contribution in [3.05, 3.63) is 35.1 Å². The second-order valence-corrected chi connectivity index (χ2v) is 4.41. The quantitative estimate of drug-likeness (QED) is 0.628. The van der Waals surface area contributed by atoms with Gasteiger partial charge in [0.25, 0.3) is 0 Å². The second kappa shape index (κ2) is 6.06. The van der Waals surface area contributed by atoms with Crippen LogP contribution in [-0.4, -0.2) is 25.8 Å². The average molecular weight is 274 g/mol. The van der Waals surface area contributed by atoms with Gasteiger partial charge < -0.3 is 9.47 Å². The maximum atomic E-state index is 13.0. The minimum atomic E-state index is -1.60. The average Bonchev–Trinajstić information content (AvgIpc) is 2.42. The number of hydrogen-bond acceptors (Lipinski definition) is 3. The molecule has 0 atom stereocenters. The number of benzene rings is 1. The lowest BCUT2D eigenvalue weighted by Crippen LogP contribution is -2.22. The van der Waals surface area contributed by atoms with Gasteiger partial charge in [-0.15, -0.1) is 0 Å². The van der Waals surface area contributed by atoms with Crippen LogP contribution < -0.4 is 0 Å². The summed E-state index contributed by atoms with van der Waals surface area (Å²) in [7, 11) is 0. The molecule has 0 saturated carbocycles. The number of carbonyl (C=O) groups excluding carboxylic acids is 1. The Balaban J connectivity index is 1.96. The lowest BCUT2D eigenvalue weighted by atomic mass is 10.0. The van der Waals surface area contributed by atoms with Gasteiger partial charge in [-0.1, -0.05) is 0 Å². The van der Waals surface area contributed by atoms with Crippen LogP contribution in [0.1, 0.15) is 23.2 Å². The zero-order valence-electron chi connectivity index (χ0n) is 10.1. The monoisotopic (exact) mass is 274 g/mol. The molecule has 1 saturated heterocycles. The fraction of sp³-hybridized carbons (Fsp3) is 0.462. The highest BCUT2D eigenvalue weighted by molar-refractivity contribution is 5.89. The van der Waals surface area contributed by atoms with Crippen molar-refractivity contribution in [2.45, 2.75) is 12.8 Å². The summed E-state index contributed by atoms with van der Waals surface area (Å²) < 4.78 is 48.8. The molecule has 0 spiro atoms. The lowest BCUT2D eigenvalue weighted by molar-refractivity contribution is 0.0185. The van der Waals surface area contributed by atoms with Gasteiger partial charge >= 0.3 is 5.97 Å². The van der Waals surface area contributed by atoms with Gasteiger partial charge in [0.05, 0.1) is 12.2 Å². The Hall–Kier alpha value is -1.56. The maximum absolute atomic E-state index is 13.0. The molecule has 1 aromatic rings. The largest absolute Gasteiger partial charge is 0.462 e. The molecule has 0 aliphatic carbocycles. The molecular formula is C13H13F3O3. The molecule has 1 aliphatic rings. The molecule has 1 aliphatic heterocycles. The summed E-state index contributed by atoms with van der Waals surface area (Å²) >= 11 is 0. The molecule has 19 heavy (non-hydrogen) atoms. The zero-order chi connectivity index (χ0) is 13.8. The van der Waals surface area contributed by atoms with Crippen LogP contribution in [0, 0.1) is 23.4 Å². The Labute approximate surface area is 108 Å². The van der Waals surface area contributed by atoms with E-state index in [1.165, 1.54) is 0 Å². The van der Waals surface area contributed by atoms with Gasteiger partial charge in [0.1, 0.15) is 0 Å². The normalized spacial score (nSPS) is 16.4. The van der Waals surface area contributed by atoms with Crippen LogP contribution in [-0.2, 0) is 9.47 Å². The summed E-state index contributed by atoms with van der Waals surface area (Å²) in [6.45, 7) is 1.40. The smallest absolute Gasteiger partial charge is 0.338 e. The van der Waals surface area contributed by atoms with Gasteiger partial charge in [0, 0.05) is 13.2 Å². The first-order valence-electron chi connectivity index (χ1n) is 5.97. The van der Waals surface area contributed by atoms with E-state index in [-0.39, 0.29) is 18.1 Å². The summed E-state index contributed by atoms with van der Waals surface area (Å²) in [5, 5.41) is 0. The molecule has 1 aromatic carbocycles. The SMILES string of the molecule is O=C(OCC1CCOCC1)c1cc(F)c(F)c(F)c1. The Morgan fingerprint density at radius 1 is 1.21 bits per heavy atom. The molecule has 1 fully saturated rings. The third kappa shape index (κ3) is 3.47. The van der Waals surface area contributed by atoms with Crippen LogP contribution in [0.5, 0.6) is 0 Å². The number of carbonyl (C=O) groups is 1. The summed E-state index contributed by atoms with van der Waals surface area (Å²) in [6.07, 6.45) is 1.55. The Morgan fingerprint density at radius 2 is 1.79 bits per heavy atom. The fourth-order valence-corrected chi connectivity index (χ4v) is 1.86. The van der Waals surface area contributed by atoms with Gasteiger partial charge in [0.2, 0.25) is 0 Å². The van der Waals surface area contributed by atoms with Crippen molar-refractivity contribution >= 4 is 5.97 Å². The van der Waals surface area contributed by atoms with Crippen molar-refractivity contribution < 1.29 is 27.4 Å². The van der Waals surface area contributed by atoms with Crippen LogP contribution >= 0.6 is 0 Å². The third-order valence-electron chi connectivity index (χ3n) is 3.01. The van der Waals surface area contributed by atoms with E-state index in [9.17, 15) is 18.0 Å². The number of rotatable bonds is 3. The molecule has 2 rings (SSSR count). The predicted molar refractivity (Wildman–Crippen MR) is 60.1 cm³/mol. The highest BCUT2D eigenvalue weighted by Crippen LogP contribution is 2.17. The van der Waals surface area contributed by atoms with E-state index in [1.54, 1.807) is 0 Å². The van der Waals surface area contributed by atoms with Gasteiger partial charge in [0.15, 0.2) is 17.5 Å². The van der Waals surface area contributed by atoms with Crippen LogP contribution in [0.25, 0.3) is 0 Å². The molecule has 0 N–H and O–H groups in total. The van der Waals surface area contributed by atoms with E-state index in [2.05, 4.69) is 0 Å². The fourth-order valence-electron chi connectivity index (χ4n) is 1.86. The molecule has 3 nitrogen and oxygen atoms in total. The highest BCUT2D eigenvalue weighted by Gasteiger charge is 2.19. The summed E-state index contributed by atoms with van der Waals surface area (Å²) in [5.74, 6) is -5.07. The molecular weight excluding hydrogens is 261 g/mol. The lowest BCUT2D eigenvalue weighted by Gasteiger charge is -2.21. The van der Waals surface area contributed by atoms with Gasteiger partial charge in [-0.2, -0.15) is 0 Å². The topological polar surface area (TPSA) is 35.5 Å². The second-order valence-electron chi connectivity index (χ2n) is 4.41. The number of halogens is 3. The molecule has 0 unspecified atom stereocenters. The van der Waals surface area contributed by atoms with Crippen molar-refractivity contribution in [2.75, 3.05) is 19.8 Å². The Morgan fingerprint density at radius 3 is 2.37 bits per heavy atom.